The highest BCUT2D eigenvalue weighted by molar-refractivity contribution is 6.02. The Morgan fingerprint density at radius 2 is 0.769 bits per heavy atom. The number of guanidine groups is 2. The van der Waals surface area contributed by atoms with Gasteiger partial charge in [-0.15, -0.1) is 0 Å². The van der Waals surface area contributed by atoms with Crippen molar-refractivity contribution in [3.05, 3.63) is 29.8 Å². The van der Waals surface area contributed by atoms with E-state index >= 15 is 0 Å². The fourth-order valence-electron chi connectivity index (χ4n) is 13.5. The van der Waals surface area contributed by atoms with Crippen molar-refractivity contribution in [3.63, 3.8) is 0 Å². The van der Waals surface area contributed by atoms with Crippen LogP contribution < -0.4 is 119 Å². The van der Waals surface area contributed by atoms with E-state index in [1.54, 1.807) is 13.8 Å². The molecule has 53 heteroatoms. The van der Waals surface area contributed by atoms with Gasteiger partial charge >= 0.3 is 23.9 Å². The second-order valence-corrected chi connectivity index (χ2v) is 32.9. The number of aliphatic carboxylic acids is 4. The molecule has 1 aliphatic rings. The molecule has 1 aromatic rings. The molecule has 17 atom stereocenters. The summed E-state index contributed by atoms with van der Waals surface area (Å²) in [6.07, 6.45) is -7.83. The van der Waals surface area contributed by atoms with E-state index in [2.05, 4.69) is 85.1 Å². The topological polar surface area (TPSA) is 903 Å². The van der Waals surface area contributed by atoms with Gasteiger partial charge in [0.25, 0.3) is 0 Å². The first kappa shape index (κ1) is 117. The summed E-state index contributed by atoms with van der Waals surface area (Å²) >= 11 is 0. The average molecular weight is 1910 g/mol. The summed E-state index contributed by atoms with van der Waals surface area (Å²) in [4.78, 5) is 274. The molecule has 0 bridgehead atoms. The number of nitrogens with zero attached hydrogens (tertiary/aromatic N) is 1. The number of aromatic hydroxyl groups is 1. The van der Waals surface area contributed by atoms with Crippen molar-refractivity contribution in [2.75, 3.05) is 45.9 Å². The zero-order valence-electron chi connectivity index (χ0n) is 75.7. The number of carboxylic acid groups (broad SMARTS) is 4. The Morgan fingerprint density at radius 1 is 0.418 bits per heavy atom. The second-order valence-electron chi connectivity index (χ2n) is 32.9. The molecular formula is C81H135N25O28. The van der Waals surface area contributed by atoms with Crippen LogP contribution in [0.2, 0.25) is 0 Å². The Hall–Kier alpha value is -13.3. The minimum atomic E-state index is -2.11. The van der Waals surface area contributed by atoms with E-state index in [-0.39, 0.29) is 116 Å². The number of amides is 16. The summed E-state index contributed by atoms with van der Waals surface area (Å²) in [7, 11) is 0. The van der Waals surface area contributed by atoms with Crippen LogP contribution in [0.25, 0.3) is 0 Å². The van der Waals surface area contributed by atoms with E-state index in [1.165, 1.54) is 49.9 Å². The number of rotatable bonds is 65. The average Bonchev–Trinajstić information content (AvgIpc) is 1.63. The maximum absolute atomic E-state index is 14.6. The van der Waals surface area contributed by atoms with Gasteiger partial charge in [0.1, 0.15) is 96.4 Å². The molecule has 53 nitrogen and oxygen atoms in total. The van der Waals surface area contributed by atoms with Gasteiger partial charge < -0.3 is 165 Å². The molecule has 1 aromatic carbocycles. The van der Waals surface area contributed by atoms with E-state index in [9.17, 15) is 132 Å². The number of carbonyl (C=O) groups excluding carboxylic acids is 16. The second kappa shape index (κ2) is 60.7. The number of carboxylic acids is 4. The van der Waals surface area contributed by atoms with Crippen LogP contribution in [0.5, 0.6) is 5.75 Å². The first-order valence-corrected chi connectivity index (χ1v) is 43.7. The summed E-state index contributed by atoms with van der Waals surface area (Å²) in [6, 6.07) is -22.0. The molecule has 1 fully saturated rings. The fraction of sp³-hybridized carbons (Fsp3) is 0.654. The molecule has 1 saturated heterocycles. The number of hydrogen-bond acceptors (Lipinski definition) is 29. The Kier molecular flexibility index (Phi) is 52.9. The monoisotopic (exact) mass is 1910 g/mol. The van der Waals surface area contributed by atoms with Crippen LogP contribution in [0.3, 0.4) is 0 Å². The predicted molar refractivity (Wildman–Crippen MR) is 474 cm³/mol. The number of aliphatic hydroxyl groups is 3. The van der Waals surface area contributed by atoms with Crippen molar-refractivity contribution in [2.45, 2.75) is 279 Å². The molecule has 752 valence electrons. The normalized spacial score (nSPS) is 15.8. The number of hydrogen-bond donors (Lipinski definition) is 32. The Labute approximate surface area is 771 Å². The van der Waals surface area contributed by atoms with E-state index in [1.807, 2.05) is 0 Å². The van der Waals surface area contributed by atoms with Gasteiger partial charge in [-0.25, -0.2) is 4.79 Å². The van der Waals surface area contributed by atoms with Gasteiger partial charge in [0.2, 0.25) is 94.5 Å². The van der Waals surface area contributed by atoms with Gasteiger partial charge in [0, 0.05) is 45.3 Å². The van der Waals surface area contributed by atoms with Crippen molar-refractivity contribution in [2.24, 2.45) is 46.2 Å². The van der Waals surface area contributed by atoms with Crippen LogP contribution in [-0.4, -0.2) is 325 Å². The third kappa shape index (κ3) is 43.8. The molecule has 38 N–H and O–H groups in total. The Bertz CT molecular complexity index is 4180. The number of phenolic OH excluding ortho intramolecular Hbond substituents is 1. The van der Waals surface area contributed by atoms with Gasteiger partial charge in [-0.2, -0.15) is 0 Å². The number of benzene rings is 1. The smallest absolute Gasteiger partial charge is 0.326 e. The highest BCUT2D eigenvalue weighted by Gasteiger charge is 2.42. The molecular weight excluding hydrogens is 1770 g/mol. The summed E-state index contributed by atoms with van der Waals surface area (Å²) in [5.74, 6) is -26.7. The summed E-state index contributed by atoms with van der Waals surface area (Å²) in [5, 5.41) is 134. The van der Waals surface area contributed by atoms with Crippen molar-refractivity contribution < 1.29 is 137 Å². The van der Waals surface area contributed by atoms with Crippen molar-refractivity contribution in [1.29, 1.82) is 10.8 Å². The lowest BCUT2D eigenvalue weighted by molar-refractivity contribution is -0.144. The Morgan fingerprint density at radius 3 is 1.16 bits per heavy atom. The van der Waals surface area contributed by atoms with E-state index in [0.29, 0.717) is 12.0 Å². The van der Waals surface area contributed by atoms with Crippen LogP contribution in [0, 0.1) is 22.7 Å². The summed E-state index contributed by atoms with van der Waals surface area (Å²) < 4.78 is 0. The molecule has 0 aromatic heterocycles. The number of unbranched alkanes of at least 4 members (excludes halogenated alkanes) is 2. The van der Waals surface area contributed by atoms with E-state index < -0.39 is 310 Å². The number of phenols is 1. The van der Waals surface area contributed by atoms with Gasteiger partial charge in [-0.1, -0.05) is 39.8 Å². The number of primary amides is 1. The summed E-state index contributed by atoms with van der Waals surface area (Å²) in [5.41, 5.74) is 34.1. The molecule has 0 saturated carbocycles. The van der Waals surface area contributed by atoms with Crippen LogP contribution in [0.4, 0.5) is 0 Å². The quantitative estimate of drug-likeness (QED) is 0.0164. The summed E-state index contributed by atoms with van der Waals surface area (Å²) in [6.45, 7) is 6.11. The molecule has 1 heterocycles. The van der Waals surface area contributed by atoms with Gasteiger partial charge in [-0.3, -0.25) is 102 Å². The molecule has 0 aliphatic carbocycles. The maximum atomic E-state index is 14.6. The Balaban J connectivity index is 2.56. The van der Waals surface area contributed by atoms with Crippen molar-refractivity contribution >= 4 is 130 Å². The van der Waals surface area contributed by atoms with Crippen LogP contribution >= 0.6 is 0 Å². The van der Waals surface area contributed by atoms with Gasteiger partial charge in [0.15, 0.2) is 11.9 Å². The SMILES string of the molecule is CC(C)C[C@H](NC(=O)[C@H](CCCCN)NC(=O)[C@H](CO)NC(=O)[C@@H](NC(=O)[C@H](CC(=O)O)NC(=O)[C@H](Cc1ccc(O)cc1)NC(=O)[C@@H]1CCCN1C(=O)[C@H](C)N)[C@@H](C)O)C(=O)N[C@@H](CCC(N)=O)C(=O)N[C@@H](CCCNC(=N)N)C(=O)N[C@@H](CO)C(=O)N[C@@H](CCCCN)C(=O)N[C@@H](CCC(=O)O)C(=O)N[C@@H](CCCNC(=N)N)C(=O)N[C@H](C(=O)N[C@@H](CCC(=O)O)C(=O)O)C(C)C. The predicted octanol–water partition coefficient (Wildman–Crippen LogP) is -10.5. The maximum Gasteiger partial charge on any atom is 0.326 e. The number of nitrogens with two attached hydrogens (primary N) is 6. The highest BCUT2D eigenvalue weighted by atomic mass is 16.4. The van der Waals surface area contributed by atoms with Crippen molar-refractivity contribution in [3.8, 4) is 5.75 Å². The molecule has 16 amide bonds. The minimum Gasteiger partial charge on any atom is -0.508 e. The molecule has 0 radical (unpaired) electrons. The third-order valence-corrected chi connectivity index (χ3v) is 20.8. The molecule has 1 aliphatic heterocycles. The zero-order valence-corrected chi connectivity index (χ0v) is 75.7. The fourth-order valence-corrected chi connectivity index (χ4v) is 13.5. The minimum absolute atomic E-state index is 0.0365. The lowest BCUT2D eigenvalue weighted by Crippen LogP contribution is -2.62. The molecule has 0 unspecified atom stereocenters. The number of aliphatic hydroxyl groups excluding tert-OH is 3. The number of nitrogens with one attached hydrogen (secondary N) is 18. The lowest BCUT2D eigenvalue weighted by atomic mass is 10.0. The third-order valence-electron chi connectivity index (χ3n) is 20.8. The standard InChI is InChI=1S/C81H135N25O28/c1-39(2)34-52(99-65(119)46(15-8-10-30-83)95-74(128)56(38-108)103-77(131)63(42(6)109)105-72(126)54(36-61(116)117)100-71(125)53(35-43-19-21-44(110)22-20-43)101-75(129)57-18-13-33-106(57)78(132)41(5)84)70(124)97-49(23-26-58(85)111)67(121)92-47(16-11-31-90-80(86)87)66(120)102-55(37-107)73(127)94-45(14-7-9-29-82)64(118)96-50(24-27-59(112)113)68(122)93-48(17-12-32-91-81(88)89)69(123)104-62(40(3)4)76(130)98-51(79(133)134)25-28-60(114)115/h19-22,39-42,45-57,62-63,107-110H,7-18,23-38,82-84H2,1-6H3,(H2,85,111)(H,92,121)(H,93,122)(H,94,127)(H,95,128)(H,96,118)(H,97,124)(H,98,130)(H,99,119)(H,100,125)(H,101,129)(H,102,120)(H,103,131)(H,104,123)(H,105,126)(H,112,113)(H,114,115)(H,116,117)(H,133,134)(H4,86,87,90)(H4,88,89,91)/t41-,42+,45-,46-,47-,48-,49-,50-,51-,52-,53-,54-,55-,56-,57-,62-,63-/m0/s1. The van der Waals surface area contributed by atoms with Gasteiger partial charge in [-0.05, 0) is 159 Å². The van der Waals surface area contributed by atoms with Gasteiger partial charge in [0.05, 0.1) is 31.8 Å². The lowest BCUT2D eigenvalue weighted by Gasteiger charge is -2.29. The first-order chi connectivity index (χ1) is 63.0. The largest absolute Gasteiger partial charge is 0.508 e. The van der Waals surface area contributed by atoms with Crippen LogP contribution in [0.1, 0.15) is 176 Å². The number of likely N-dealkylation sites (tertiary alicyclic amines) is 1. The molecule has 2 rings (SSSR count). The van der Waals surface area contributed by atoms with E-state index in [0.717, 1.165) is 6.92 Å². The van der Waals surface area contributed by atoms with Crippen LogP contribution in [0.15, 0.2) is 24.3 Å². The molecule has 0 spiro atoms. The molecule has 134 heavy (non-hydrogen) atoms. The highest BCUT2D eigenvalue weighted by Crippen LogP contribution is 2.21. The van der Waals surface area contributed by atoms with Crippen molar-refractivity contribution in [1.82, 2.24) is 90.0 Å². The number of carbonyl (C=O) groups is 20. The van der Waals surface area contributed by atoms with E-state index in [4.69, 9.17) is 50.3 Å². The first-order valence-electron chi connectivity index (χ1n) is 43.7. The van der Waals surface area contributed by atoms with Crippen LogP contribution in [-0.2, 0) is 102 Å². The zero-order chi connectivity index (χ0) is 101.